The van der Waals surface area contributed by atoms with Gasteiger partial charge in [-0.1, -0.05) is 0 Å². The summed E-state index contributed by atoms with van der Waals surface area (Å²) in [6, 6.07) is 0. The van der Waals surface area contributed by atoms with Gasteiger partial charge in [0.1, 0.15) is 0 Å². The van der Waals surface area contributed by atoms with Crippen LogP contribution >= 0.6 is 0 Å². The van der Waals surface area contributed by atoms with Crippen molar-refractivity contribution in [2.75, 3.05) is 11.4 Å². The van der Waals surface area contributed by atoms with Gasteiger partial charge in [0.15, 0.2) is 0 Å². The normalized spacial score (nSPS) is 23.7. The van der Waals surface area contributed by atoms with Gasteiger partial charge in [-0.05, 0) is 18.8 Å². The Morgan fingerprint density at radius 3 is 2.89 bits per heavy atom. The van der Waals surface area contributed by atoms with Gasteiger partial charge in [-0.25, -0.2) is 0 Å². The third-order valence-electron chi connectivity index (χ3n) is 3.55. The van der Waals surface area contributed by atoms with Crippen molar-refractivity contribution in [3.05, 3.63) is 12.4 Å². The van der Waals surface area contributed by atoms with Gasteiger partial charge in [-0.3, -0.25) is 14.3 Å². The van der Waals surface area contributed by atoms with Crippen LogP contribution in [-0.2, 0) is 16.1 Å². The molecular weight excluding hydrogens is 234 g/mol. The number of aliphatic carboxylic acids is 1. The van der Waals surface area contributed by atoms with E-state index in [1.165, 1.54) is 17.7 Å². The summed E-state index contributed by atoms with van der Waals surface area (Å²) < 4.78 is 1.84. The van der Waals surface area contributed by atoms with Crippen LogP contribution < -0.4 is 4.90 Å². The van der Waals surface area contributed by atoms with Gasteiger partial charge in [-0.2, -0.15) is 5.10 Å². The Hall–Kier alpha value is -1.85. The Kier molecular flexibility index (Phi) is 2.57. The first-order valence-corrected chi connectivity index (χ1v) is 6.19. The molecule has 1 aromatic heterocycles. The van der Waals surface area contributed by atoms with Gasteiger partial charge in [0.05, 0.1) is 17.8 Å². The first-order valence-electron chi connectivity index (χ1n) is 6.19. The molecule has 6 heteroatoms. The molecule has 0 bridgehead atoms. The summed E-state index contributed by atoms with van der Waals surface area (Å²) >= 11 is 0. The molecule has 1 aliphatic carbocycles. The van der Waals surface area contributed by atoms with Crippen LogP contribution in [0.3, 0.4) is 0 Å². The number of hydrogen-bond donors (Lipinski definition) is 1. The summed E-state index contributed by atoms with van der Waals surface area (Å²) in [6.45, 7) is 1.15. The maximum absolute atomic E-state index is 11.8. The fraction of sp³-hybridized carbons (Fsp3) is 0.583. The largest absolute Gasteiger partial charge is 0.481 e. The fourth-order valence-corrected chi connectivity index (χ4v) is 2.28. The van der Waals surface area contributed by atoms with E-state index >= 15 is 0 Å². The molecule has 3 rings (SSSR count). The van der Waals surface area contributed by atoms with E-state index in [1.807, 2.05) is 10.9 Å². The van der Waals surface area contributed by atoms with Crippen molar-refractivity contribution in [3.8, 4) is 0 Å². The van der Waals surface area contributed by atoms with E-state index in [0.717, 1.165) is 12.5 Å². The van der Waals surface area contributed by atoms with Crippen molar-refractivity contribution in [1.82, 2.24) is 9.78 Å². The monoisotopic (exact) mass is 249 g/mol. The molecule has 2 fully saturated rings. The van der Waals surface area contributed by atoms with Crippen molar-refractivity contribution in [2.45, 2.75) is 25.8 Å². The van der Waals surface area contributed by atoms with Crippen LogP contribution in [-0.4, -0.2) is 33.3 Å². The lowest BCUT2D eigenvalue weighted by molar-refractivity contribution is -0.141. The molecule has 0 spiro atoms. The number of nitrogens with zero attached hydrogens (tertiary/aromatic N) is 3. The Labute approximate surface area is 104 Å². The van der Waals surface area contributed by atoms with E-state index in [2.05, 4.69) is 5.10 Å². The summed E-state index contributed by atoms with van der Waals surface area (Å²) in [5, 5.41) is 13.1. The van der Waals surface area contributed by atoms with E-state index in [0.29, 0.717) is 5.69 Å². The topological polar surface area (TPSA) is 75.4 Å². The average molecular weight is 249 g/mol. The number of carbonyl (C=O) groups is 2. The Morgan fingerprint density at radius 2 is 2.28 bits per heavy atom. The number of carbonyl (C=O) groups excluding carboxylic acids is 1. The van der Waals surface area contributed by atoms with E-state index < -0.39 is 11.9 Å². The Bertz CT molecular complexity index is 493. The van der Waals surface area contributed by atoms with Crippen LogP contribution in [0.1, 0.15) is 19.3 Å². The summed E-state index contributed by atoms with van der Waals surface area (Å²) in [5.74, 6) is -0.910. The number of rotatable bonds is 4. The summed E-state index contributed by atoms with van der Waals surface area (Å²) in [7, 11) is 0. The minimum atomic E-state index is -0.906. The maximum atomic E-state index is 11.8. The molecule has 1 aliphatic heterocycles. The fourth-order valence-electron chi connectivity index (χ4n) is 2.28. The van der Waals surface area contributed by atoms with Crippen molar-refractivity contribution < 1.29 is 14.7 Å². The molecule has 1 aromatic rings. The number of carboxylic acids is 1. The lowest BCUT2D eigenvalue weighted by Gasteiger charge is -2.12. The van der Waals surface area contributed by atoms with Crippen LogP contribution in [0.4, 0.5) is 5.69 Å². The van der Waals surface area contributed by atoms with Crippen molar-refractivity contribution in [2.24, 2.45) is 11.8 Å². The van der Waals surface area contributed by atoms with Gasteiger partial charge in [0, 0.05) is 25.7 Å². The van der Waals surface area contributed by atoms with Crippen LogP contribution in [0.5, 0.6) is 0 Å². The highest BCUT2D eigenvalue weighted by Crippen LogP contribution is 2.31. The molecule has 1 saturated heterocycles. The number of hydrogen-bond acceptors (Lipinski definition) is 3. The summed E-state index contributed by atoms with van der Waals surface area (Å²) in [6.07, 6.45) is 6.06. The molecule has 1 saturated carbocycles. The van der Waals surface area contributed by atoms with Crippen molar-refractivity contribution in [1.29, 1.82) is 0 Å². The second kappa shape index (κ2) is 4.12. The molecule has 0 unspecified atom stereocenters. The molecule has 1 amide bonds. The summed E-state index contributed by atoms with van der Waals surface area (Å²) in [5.41, 5.74) is 0.712. The molecule has 1 N–H and O–H groups in total. The molecule has 96 valence electrons. The molecular formula is C12H15N3O3. The smallest absolute Gasteiger partial charge is 0.308 e. The zero-order chi connectivity index (χ0) is 12.7. The minimum absolute atomic E-state index is 0.0864. The first kappa shape index (κ1) is 11.3. The highest BCUT2D eigenvalue weighted by Gasteiger charge is 2.35. The predicted octanol–water partition coefficient (Wildman–Crippen LogP) is 0.731. The lowest BCUT2D eigenvalue weighted by Crippen LogP contribution is -2.25. The summed E-state index contributed by atoms with van der Waals surface area (Å²) in [4.78, 5) is 24.2. The van der Waals surface area contributed by atoms with Crippen LogP contribution in [0.25, 0.3) is 0 Å². The highest BCUT2D eigenvalue weighted by molar-refractivity contribution is 5.98. The molecule has 6 nitrogen and oxygen atoms in total. The van der Waals surface area contributed by atoms with Crippen LogP contribution in [0.15, 0.2) is 12.4 Å². The van der Waals surface area contributed by atoms with Crippen LogP contribution in [0, 0.1) is 11.8 Å². The second-order valence-corrected chi connectivity index (χ2v) is 5.11. The molecule has 2 heterocycles. The van der Waals surface area contributed by atoms with Gasteiger partial charge >= 0.3 is 5.97 Å². The average Bonchev–Trinajstić information content (AvgIpc) is 2.86. The SMILES string of the molecule is O=C(O)[C@@H]1CC(=O)N(c2cnn(CC3CC3)c2)C1. The second-order valence-electron chi connectivity index (χ2n) is 5.11. The molecule has 0 aromatic carbocycles. The van der Waals surface area contributed by atoms with Gasteiger partial charge < -0.3 is 10.0 Å². The first-order chi connectivity index (χ1) is 8.63. The lowest BCUT2D eigenvalue weighted by atomic mass is 10.1. The molecule has 0 radical (unpaired) electrons. The quantitative estimate of drug-likeness (QED) is 0.853. The Morgan fingerprint density at radius 1 is 1.50 bits per heavy atom. The van der Waals surface area contributed by atoms with Gasteiger partial charge in [0.25, 0.3) is 0 Å². The molecule has 2 aliphatic rings. The van der Waals surface area contributed by atoms with E-state index in [-0.39, 0.29) is 18.9 Å². The van der Waals surface area contributed by atoms with Crippen molar-refractivity contribution >= 4 is 17.6 Å². The number of carboxylic acid groups (broad SMARTS) is 1. The zero-order valence-corrected chi connectivity index (χ0v) is 9.95. The molecule has 1 atom stereocenters. The standard InChI is InChI=1S/C12H15N3O3/c16-11-3-9(12(17)18)6-15(11)10-4-13-14(7-10)5-8-1-2-8/h4,7-9H,1-3,5-6H2,(H,17,18)/t9-/m1/s1. The zero-order valence-electron chi connectivity index (χ0n) is 9.95. The third-order valence-corrected chi connectivity index (χ3v) is 3.55. The third kappa shape index (κ3) is 2.10. The number of anilines is 1. The minimum Gasteiger partial charge on any atom is -0.481 e. The van der Waals surface area contributed by atoms with Gasteiger partial charge in [-0.15, -0.1) is 0 Å². The Balaban J connectivity index is 1.71. The molecule has 18 heavy (non-hydrogen) atoms. The number of aromatic nitrogens is 2. The highest BCUT2D eigenvalue weighted by atomic mass is 16.4. The van der Waals surface area contributed by atoms with E-state index in [1.54, 1.807) is 6.20 Å². The predicted molar refractivity (Wildman–Crippen MR) is 63.0 cm³/mol. The van der Waals surface area contributed by atoms with Crippen molar-refractivity contribution in [3.63, 3.8) is 0 Å². The van der Waals surface area contributed by atoms with E-state index in [4.69, 9.17) is 5.11 Å². The number of amides is 1. The van der Waals surface area contributed by atoms with Gasteiger partial charge in [0.2, 0.25) is 5.91 Å². The van der Waals surface area contributed by atoms with E-state index in [9.17, 15) is 9.59 Å². The van der Waals surface area contributed by atoms with Crippen LogP contribution in [0.2, 0.25) is 0 Å². The maximum Gasteiger partial charge on any atom is 0.308 e.